The van der Waals surface area contributed by atoms with Crippen molar-refractivity contribution in [1.82, 2.24) is 24.4 Å². The second-order valence-corrected chi connectivity index (χ2v) is 9.31. The van der Waals surface area contributed by atoms with Crippen LogP contribution in [0.2, 0.25) is 5.02 Å². The Labute approximate surface area is 214 Å². The van der Waals surface area contributed by atoms with E-state index in [0.29, 0.717) is 22.6 Å². The molecule has 192 valence electrons. The Morgan fingerprint density at radius 3 is 2.70 bits per heavy atom. The predicted molar refractivity (Wildman–Crippen MR) is 133 cm³/mol. The smallest absolute Gasteiger partial charge is 0.354 e. The van der Waals surface area contributed by atoms with Crippen molar-refractivity contribution in [2.24, 2.45) is 5.92 Å². The average molecular weight is 531 g/mol. The van der Waals surface area contributed by atoms with Gasteiger partial charge in [-0.1, -0.05) is 48.0 Å². The number of aromatic nitrogens is 4. The predicted octanol–water partition coefficient (Wildman–Crippen LogP) is 4.31. The molecule has 8 nitrogen and oxygen atoms in total. The third kappa shape index (κ3) is 5.31. The number of likely N-dealkylation sites (tertiary alicyclic amines) is 1. The Morgan fingerprint density at radius 2 is 1.95 bits per heavy atom. The first-order valence-corrected chi connectivity index (χ1v) is 12.0. The zero-order valence-corrected chi connectivity index (χ0v) is 20.2. The Balaban J connectivity index is 1.33. The number of carbonyl (C=O) groups excluding carboxylic acids is 1. The molecule has 1 aliphatic rings. The minimum atomic E-state index is -4.88. The van der Waals surface area contributed by atoms with Gasteiger partial charge in [-0.3, -0.25) is 9.36 Å². The minimum absolute atomic E-state index is 0.00129. The first kappa shape index (κ1) is 24.8. The van der Waals surface area contributed by atoms with E-state index < -0.39 is 12.1 Å². The largest absolute Gasteiger partial charge is 0.471 e. The van der Waals surface area contributed by atoms with Crippen molar-refractivity contribution in [3.63, 3.8) is 0 Å². The molecule has 0 unspecified atom stereocenters. The van der Waals surface area contributed by atoms with Crippen LogP contribution in [0.1, 0.15) is 12.0 Å². The molecule has 12 heteroatoms. The van der Waals surface area contributed by atoms with Crippen LogP contribution < -0.4 is 11.0 Å². The normalized spacial score (nSPS) is 15.9. The van der Waals surface area contributed by atoms with E-state index in [1.54, 1.807) is 6.07 Å². The summed E-state index contributed by atoms with van der Waals surface area (Å²) in [5, 5.41) is 3.53. The minimum Gasteiger partial charge on any atom is -0.354 e. The molecule has 1 saturated heterocycles. The topological polar surface area (TPSA) is 95.9 Å². The van der Waals surface area contributed by atoms with Gasteiger partial charge in [-0.05, 0) is 41.2 Å². The summed E-state index contributed by atoms with van der Waals surface area (Å²) >= 11 is 6.45. The maximum atomic E-state index is 12.7. The molecule has 5 rings (SSSR count). The Hall–Kier alpha value is -3.86. The molecular weight excluding hydrogens is 509 g/mol. The fraction of sp³-hybridized carbons (Fsp3) is 0.280. The van der Waals surface area contributed by atoms with Crippen LogP contribution >= 0.6 is 11.6 Å². The number of rotatable bonds is 6. The molecule has 4 aromatic rings. The van der Waals surface area contributed by atoms with Gasteiger partial charge in [0, 0.05) is 24.7 Å². The second-order valence-electron chi connectivity index (χ2n) is 8.90. The quantitative estimate of drug-likeness (QED) is 0.387. The average Bonchev–Trinajstić information content (AvgIpc) is 3.47. The second kappa shape index (κ2) is 9.89. The number of aromatic amines is 1. The lowest BCUT2D eigenvalue weighted by Crippen LogP contribution is -2.39. The van der Waals surface area contributed by atoms with Crippen LogP contribution in [-0.4, -0.2) is 56.1 Å². The van der Waals surface area contributed by atoms with E-state index in [2.05, 4.69) is 20.3 Å². The number of hydrogen-bond donors (Lipinski definition) is 2. The molecule has 0 saturated carbocycles. The molecule has 2 aromatic heterocycles. The number of imidazole rings is 1. The van der Waals surface area contributed by atoms with Crippen molar-refractivity contribution in [2.45, 2.75) is 19.1 Å². The van der Waals surface area contributed by atoms with Gasteiger partial charge in [-0.15, -0.1) is 0 Å². The van der Waals surface area contributed by atoms with Gasteiger partial charge in [-0.2, -0.15) is 18.2 Å². The van der Waals surface area contributed by atoms with Gasteiger partial charge < -0.3 is 15.2 Å². The number of halogens is 4. The number of benzene rings is 2. The number of nitrogens with zero attached hydrogens (tertiary/aromatic N) is 4. The SMILES string of the molecule is O=C(N1CC[C@@H](CNc2ncc3[nH]c(=O)n(Cc4cc(-c5ccccc5)ccc4Cl)c3n2)C1)C(F)(F)F. The molecule has 0 radical (unpaired) electrons. The summed E-state index contributed by atoms with van der Waals surface area (Å²) in [7, 11) is 0. The van der Waals surface area contributed by atoms with Crippen LogP contribution in [0.4, 0.5) is 19.1 Å². The van der Waals surface area contributed by atoms with Gasteiger partial charge in [0.25, 0.3) is 0 Å². The molecule has 1 amide bonds. The van der Waals surface area contributed by atoms with Gasteiger partial charge in [0.2, 0.25) is 5.95 Å². The van der Waals surface area contributed by atoms with Crippen molar-refractivity contribution in [2.75, 3.05) is 25.0 Å². The summed E-state index contributed by atoms with van der Waals surface area (Å²) in [6.45, 7) is 0.502. The Morgan fingerprint density at radius 1 is 1.16 bits per heavy atom. The maximum absolute atomic E-state index is 12.7. The van der Waals surface area contributed by atoms with E-state index >= 15 is 0 Å². The molecule has 2 aromatic carbocycles. The third-order valence-electron chi connectivity index (χ3n) is 6.36. The van der Waals surface area contributed by atoms with Crippen molar-refractivity contribution in [1.29, 1.82) is 0 Å². The van der Waals surface area contributed by atoms with Crippen molar-refractivity contribution >= 4 is 34.6 Å². The fourth-order valence-corrected chi connectivity index (χ4v) is 4.63. The standard InChI is InChI=1S/C25H22ClF3N6O2/c26-19-7-6-17(16-4-2-1-3-5-16)10-18(19)14-35-21-20(32-24(35)37)12-31-23(33-21)30-11-15-8-9-34(13-15)22(36)25(27,28)29/h1-7,10,12,15H,8-9,11,13-14H2,(H,32,37)(H,30,31,33)/t15-/m0/s1. The lowest BCUT2D eigenvalue weighted by Gasteiger charge is -2.18. The van der Waals surface area contributed by atoms with Gasteiger partial charge in [0.05, 0.1) is 12.7 Å². The highest BCUT2D eigenvalue weighted by Gasteiger charge is 2.44. The summed E-state index contributed by atoms with van der Waals surface area (Å²) in [6, 6.07) is 15.4. The van der Waals surface area contributed by atoms with E-state index in [4.69, 9.17) is 11.6 Å². The third-order valence-corrected chi connectivity index (χ3v) is 6.73. The zero-order chi connectivity index (χ0) is 26.2. The zero-order valence-electron chi connectivity index (χ0n) is 19.4. The molecule has 0 aliphatic carbocycles. The van der Waals surface area contributed by atoms with E-state index in [0.717, 1.165) is 21.6 Å². The lowest BCUT2D eigenvalue weighted by molar-refractivity contribution is -0.184. The highest BCUT2D eigenvalue weighted by molar-refractivity contribution is 6.31. The number of hydrogen-bond acceptors (Lipinski definition) is 5. The molecule has 0 spiro atoms. The summed E-state index contributed by atoms with van der Waals surface area (Å²) in [5.74, 6) is -1.78. The van der Waals surface area contributed by atoms with Crippen LogP contribution in [0.15, 0.2) is 59.5 Å². The van der Waals surface area contributed by atoms with Crippen molar-refractivity contribution < 1.29 is 18.0 Å². The summed E-state index contributed by atoms with van der Waals surface area (Å²) in [6.07, 6.45) is -2.97. The Bertz CT molecular complexity index is 1500. The number of amides is 1. The number of fused-ring (bicyclic) bond motifs is 1. The first-order valence-electron chi connectivity index (χ1n) is 11.6. The molecule has 3 heterocycles. The molecule has 0 bridgehead atoms. The van der Waals surface area contributed by atoms with E-state index in [1.165, 1.54) is 10.8 Å². The van der Waals surface area contributed by atoms with E-state index in [1.807, 2.05) is 42.5 Å². The molecular formula is C25H22ClF3N6O2. The summed E-state index contributed by atoms with van der Waals surface area (Å²) in [5.41, 5.74) is 3.14. The van der Waals surface area contributed by atoms with Crippen LogP contribution in [-0.2, 0) is 11.3 Å². The molecule has 37 heavy (non-hydrogen) atoms. The van der Waals surface area contributed by atoms with Crippen LogP contribution in [0, 0.1) is 5.92 Å². The first-order chi connectivity index (χ1) is 17.7. The molecule has 2 N–H and O–H groups in total. The van der Waals surface area contributed by atoms with Crippen LogP contribution in [0.25, 0.3) is 22.3 Å². The van der Waals surface area contributed by atoms with Crippen molar-refractivity contribution in [3.8, 4) is 11.1 Å². The lowest BCUT2D eigenvalue weighted by atomic mass is 10.0. The molecule has 1 fully saturated rings. The number of H-pyrrole nitrogens is 1. The highest BCUT2D eigenvalue weighted by Crippen LogP contribution is 2.27. The van der Waals surface area contributed by atoms with Gasteiger partial charge in [0.1, 0.15) is 5.52 Å². The van der Waals surface area contributed by atoms with Crippen LogP contribution in [0.5, 0.6) is 0 Å². The van der Waals surface area contributed by atoms with Gasteiger partial charge in [-0.25, -0.2) is 9.78 Å². The monoisotopic (exact) mass is 530 g/mol. The molecule has 1 aliphatic heterocycles. The number of nitrogens with one attached hydrogen (secondary N) is 2. The fourth-order valence-electron chi connectivity index (χ4n) is 4.45. The Kier molecular flexibility index (Phi) is 6.63. The maximum Gasteiger partial charge on any atom is 0.471 e. The van der Waals surface area contributed by atoms with E-state index in [-0.39, 0.29) is 43.7 Å². The summed E-state index contributed by atoms with van der Waals surface area (Å²) < 4.78 is 39.5. The summed E-state index contributed by atoms with van der Waals surface area (Å²) in [4.78, 5) is 36.4. The van der Waals surface area contributed by atoms with E-state index in [9.17, 15) is 22.8 Å². The van der Waals surface area contributed by atoms with Gasteiger partial charge in [0.15, 0.2) is 5.65 Å². The van der Waals surface area contributed by atoms with Crippen LogP contribution in [0.3, 0.4) is 0 Å². The molecule has 1 atom stereocenters. The van der Waals surface area contributed by atoms with Crippen molar-refractivity contribution in [3.05, 3.63) is 75.8 Å². The number of anilines is 1. The van der Waals surface area contributed by atoms with Gasteiger partial charge >= 0.3 is 17.8 Å². The highest BCUT2D eigenvalue weighted by atomic mass is 35.5. The number of carbonyl (C=O) groups is 1. The number of alkyl halides is 3.